The maximum atomic E-state index is 13.1. The van der Waals surface area contributed by atoms with Crippen LogP contribution in [-0.4, -0.2) is 16.3 Å². The van der Waals surface area contributed by atoms with Gasteiger partial charge in [-0.3, -0.25) is 4.68 Å². The molecule has 5 heteroatoms. The molecule has 0 saturated carbocycles. The first-order chi connectivity index (χ1) is 10.1. The van der Waals surface area contributed by atoms with Crippen LogP contribution in [0.3, 0.4) is 0 Å². The molecule has 1 N–H and O–H groups in total. The van der Waals surface area contributed by atoms with Gasteiger partial charge in [-0.1, -0.05) is 37.6 Å². The van der Waals surface area contributed by atoms with Crippen LogP contribution in [0.4, 0.5) is 4.39 Å². The van der Waals surface area contributed by atoms with E-state index in [1.165, 1.54) is 12.1 Å². The third kappa shape index (κ3) is 3.63. The van der Waals surface area contributed by atoms with Crippen molar-refractivity contribution in [3.63, 3.8) is 0 Å². The minimum absolute atomic E-state index is 0.0909. The molecule has 0 aliphatic carbocycles. The van der Waals surface area contributed by atoms with Gasteiger partial charge in [-0.15, -0.1) is 0 Å². The average Bonchev–Trinajstić information content (AvgIpc) is 2.75. The Labute approximate surface area is 130 Å². The Kier molecular flexibility index (Phi) is 5.37. The molecule has 1 unspecified atom stereocenters. The van der Waals surface area contributed by atoms with Crippen LogP contribution in [0, 0.1) is 5.82 Å². The first-order valence-corrected chi connectivity index (χ1v) is 7.63. The zero-order chi connectivity index (χ0) is 15.4. The topological polar surface area (TPSA) is 29.9 Å². The Bertz CT molecular complexity index is 592. The molecule has 2 rings (SSSR count). The Hall–Kier alpha value is -1.39. The molecule has 1 aromatic heterocycles. The SMILES string of the molecule is CCNC(Cc1c(Cl)c(CC)nn1C)c1ccc(F)cc1. The molecule has 0 bridgehead atoms. The van der Waals surface area contributed by atoms with Gasteiger partial charge in [0.15, 0.2) is 0 Å². The van der Waals surface area contributed by atoms with Crippen molar-refractivity contribution in [1.82, 2.24) is 15.1 Å². The molecule has 0 aliphatic heterocycles. The molecule has 0 amide bonds. The normalized spacial score (nSPS) is 12.6. The number of hydrogen-bond acceptors (Lipinski definition) is 2. The Morgan fingerprint density at radius 1 is 1.29 bits per heavy atom. The van der Waals surface area contributed by atoms with Crippen molar-refractivity contribution >= 4 is 11.6 Å². The van der Waals surface area contributed by atoms with Gasteiger partial charge in [0, 0.05) is 19.5 Å². The van der Waals surface area contributed by atoms with E-state index in [1.807, 2.05) is 30.8 Å². The van der Waals surface area contributed by atoms with Crippen molar-refractivity contribution in [2.45, 2.75) is 32.7 Å². The molecular weight excluding hydrogens is 289 g/mol. The van der Waals surface area contributed by atoms with E-state index >= 15 is 0 Å². The van der Waals surface area contributed by atoms with E-state index in [0.717, 1.165) is 41.4 Å². The second kappa shape index (κ2) is 7.05. The summed E-state index contributed by atoms with van der Waals surface area (Å²) in [6, 6.07) is 6.69. The van der Waals surface area contributed by atoms with Crippen LogP contribution in [0.5, 0.6) is 0 Å². The van der Waals surface area contributed by atoms with Crippen molar-refractivity contribution in [2.24, 2.45) is 7.05 Å². The van der Waals surface area contributed by atoms with Gasteiger partial charge in [0.2, 0.25) is 0 Å². The number of benzene rings is 1. The largest absolute Gasteiger partial charge is 0.310 e. The zero-order valence-electron chi connectivity index (χ0n) is 12.7. The lowest BCUT2D eigenvalue weighted by molar-refractivity contribution is 0.527. The van der Waals surface area contributed by atoms with Gasteiger partial charge in [-0.25, -0.2) is 4.39 Å². The highest BCUT2D eigenvalue weighted by Gasteiger charge is 2.18. The van der Waals surface area contributed by atoms with Gasteiger partial charge in [-0.2, -0.15) is 5.10 Å². The molecule has 114 valence electrons. The van der Waals surface area contributed by atoms with Crippen LogP contribution in [0.15, 0.2) is 24.3 Å². The van der Waals surface area contributed by atoms with E-state index in [0.29, 0.717) is 0 Å². The monoisotopic (exact) mass is 309 g/mol. The summed E-state index contributed by atoms with van der Waals surface area (Å²) < 4.78 is 14.9. The van der Waals surface area contributed by atoms with E-state index < -0.39 is 0 Å². The van der Waals surface area contributed by atoms with Crippen molar-refractivity contribution in [1.29, 1.82) is 0 Å². The van der Waals surface area contributed by atoms with Gasteiger partial charge >= 0.3 is 0 Å². The maximum Gasteiger partial charge on any atom is 0.123 e. The third-order valence-electron chi connectivity index (χ3n) is 3.62. The second-order valence-corrected chi connectivity index (χ2v) is 5.43. The number of nitrogens with zero attached hydrogens (tertiary/aromatic N) is 2. The molecule has 0 fully saturated rings. The number of hydrogen-bond donors (Lipinski definition) is 1. The van der Waals surface area contributed by atoms with Gasteiger partial charge in [0.05, 0.1) is 16.4 Å². The van der Waals surface area contributed by atoms with E-state index in [4.69, 9.17) is 11.6 Å². The lowest BCUT2D eigenvalue weighted by Gasteiger charge is -2.18. The quantitative estimate of drug-likeness (QED) is 0.882. The summed E-state index contributed by atoms with van der Waals surface area (Å²) in [4.78, 5) is 0. The van der Waals surface area contributed by atoms with Crippen molar-refractivity contribution < 1.29 is 4.39 Å². The molecule has 0 aliphatic rings. The summed E-state index contributed by atoms with van der Waals surface area (Å²) in [6.45, 7) is 4.93. The summed E-state index contributed by atoms with van der Waals surface area (Å²) in [5.74, 6) is -0.221. The summed E-state index contributed by atoms with van der Waals surface area (Å²) in [5, 5.41) is 8.61. The minimum atomic E-state index is -0.221. The highest BCUT2D eigenvalue weighted by atomic mass is 35.5. The Morgan fingerprint density at radius 3 is 2.48 bits per heavy atom. The summed E-state index contributed by atoms with van der Waals surface area (Å²) in [7, 11) is 1.91. The number of halogens is 2. The molecule has 1 heterocycles. The fourth-order valence-electron chi connectivity index (χ4n) is 2.48. The standard InChI is InChI=1S/C16H21ClFN3/c1-4-13-16(17)15(21(3)20-13)10-14(19-5-2)11-6-8-12(18)9-7-11/h6-9,14,19H,4-5,10H2,1-3H3. The van der Waals surface area contributed by atoms with Crippen LogP contribution in [0.1, 0.15) is 36.8 Å². The third-order valence-corrected chi connectivity index (χ3v) is 4.06. The second-order valence-electron chi connectivity index (χ2n) is 5.05. The van der Waals surface area contributed by atoms with Crippen LogP contribution >= 0.6 is 11.6 Å². The maximum absolute atomic E-state index is 13.1. The highest BCUT2D eigenvalue weighted by Crippen LogP contribution is 2.26. The number of rotatable bonds is 6. The van der Waals surface area contributed by atoms with Crippen LogP contribution < -0.4 is 5.32 Å². The van der Waals surface area contributed by atoms with E-state index in [9.17, 15) is 4.39 Å². The van der Waals surface area contributed by atoms with Crippen LogP contribution in [0.25, 0.3) is 0 Å². The summed E-state index contributed by atoms with van der Waals surface area (Å²) in [6.07, 6.45) is 1.54. The molecule has 1 atom stereocenters. The lowest BCUT2D eigenvalue weighted by atomic mass is 10.0. The fourth-order valence-corrected chi connectivity index (χ4v) is 2.86. The first-order valence-electron chi connectivity index (χ1n) is 7.25. The smallest absolute Gasteiger partial charge is 0.123 e. The number of aryl methyl sites for hydroxylation is 2. The molecule has 0 spiro atoms. The van der Waals surface area contributed by atoms with Crippen molar-refractivity contribution in [3.8, 4) is 0 Å². The molecule has 0 radical (unpaired) electrons. The average molecular weight is 310 g/mol. The van der Waals surface area contributed by atoms with Gasteiger partial charge in [0.25, 0.3) is 0 Å². The molecule has 21 heavy (non-hydrogen) atoms. The van der Waals surface area contributed by atoms with Gasteiger partial charge in [0.1, 0.15) is 5.82 Å². The lowest BCUT2D eigenvalue weighted by Crippen LogP contribution is -2.24. The van der Waals surface area contributed by atoms with Gasteiger partial charge in [-0.05, 0) is 30.7 Å². The molecule has 2 aromatic rings. The minimum Gasteiger partial charge on any atom is -0.310 e. The highest BCUT2D eigenvalue weighted by molar-refractivity contribution is 6.31. The number of likely N-dealkylation sites (N-methyl/N-ethyl adjacent to an activating group) is 1. The predicted octanol–water partition coefficient (Wildman–Crippen LogP) is 3.67. The van der Waals surface area contributed by atoms with Crippen LogP contribution in [0.2, 0.25) is 5.02 Å². The summed E-state index contributed by atoms with van der Waals surface area (Å²) >= 11 is 6.42. The predicted molar refractivity (Wildman–Crippen MR) is 84.1 cm³/mol. The number of aromatic nitrogens is 2. The molecular formula is C16H21ClFN3. The van der Waals surface area contributed by atoms with Crippen molar-refractivity contribution in [2.75, 3.05) is 6.54 Å². The van der Waals surface area contributed by atoms with E-state index in [-0.39, 0.29) is 11.9 Å². The summed E-state index contributed by atoms with van der Waals surface area (Å²) in [5.41, 5.74) is 2.97. The van der Waals surface area contributed by atoms with Crippen LogP contribution in [-0.2, 0) is 19.9 Å². The first kappa shape index (κ1) is 16.0. The number of nitrogens with one attached hydrogen (secondary N) is 1. The van der Waals surface area contributed by atoms with E-state index in [1.54, 1.807) is 0 Å². The molecule has 1 aromatic carbocycles. The van der Waals surface area contributed by atoms with Crippen molar-refractivity contribution in [3.05, 3.63) is 52.1 Å². The molecule has 3 nitrogen and oxygen atoms in total. The Morgan fingerprint density at radius 2 is 1.95 bits per heavy atom. The Balaban J connectivity index is 2.28. The molecule has 0 saturated heterocycles. The fraction of sp³-hybridized carbons (Fsp3) is 0.438. The zero-order valence-corrected chi connectivity index (χ0v) is 13.4. The van der Waals surface area contributed by atoms with Gasteiger partial charge < -0.3 is 5.32 Å². The van der Waals surface area contributed by atoms with E-state index in [2.05, 4.69) is 17.3 Å².